The van der Waals surface area contributed by atoms with Gasteiger partial charge in [0.1, 0.15) is 0 Å². The number of carbonyl (C=O) groups is 2. The molecular weight excluding hydrogens is 414 g/mol. The molecule has 1 amide bonds. The quantitative estimate of drug-likeness (QED) is 0.280. The summed E-state index contributed by atoms with van der Waals surface area (Å²) in [5.74, 6) is 0.673. The number of sulfonamides is 1. The van der Waals surface area contributed by atoms with Crippen LogP contribution in [0.4, 0.5) is 11.4 Å². The van der Waals surface area contributed by atoms with Crippen LogP contribution in [0.3, 0.4) is 0 Å². The average Bonchev–Trinajstić information content (AvgIpc) is 2.72. The summed E-state index contributed by atoms with van der Waals surface area (Å²) in [4.78, 5) is 34.3. The van der Waals surface area contributed by atoms with Crippen LogP contribution in [0.1, 0.15) is 17.3 Å². The van der Waals surface area contributed by atoms with Gasteiger partial charge in [0.05, 0.1) is 21.9 Å². The van der Waals surface area contributed by atoms with E-state index in [9.17, 15) is 28.1 Å². The molecule has 156 valence electrons. The van der Waals surface area contributed by atoms with Gasteiger partial charge in [-0.05, 0) is 43.3 Å². The van der Waals surface area contributed by atoms with E-state index < -0.39 is 32.9 Å². The van der Waals surface area contributed by atoms with Crippen LogP contribution in [-0.4, -0.2) is 37.9 Å². The van der Waals surface area contributed by atoms with E-state index in [2.05, 4.69) is 16.0 Å². The van der Waals surface area contributed by atoms with Crippen LogP contribution < -0.4 is 10.0 Å². The average molecular weight is 431 g/mol. The fourth-order valence-corrected chi connectivity index (χ4v) is 3.12. The van der Waals surface area contributed by atoms with Crippen molar-refractivity contribution >= 4 is 33.3 Å². The van der Waals surface area contributed by atoms with Gasteiger partial charge in [0, 0.05) is 17.8 Å². The molecular formula is C19H17N3O7S. The van der Waals surface area contributed by atoms with E-state index in [1.54, 1.807) is 0 Å². The molecule has 1 unspecified atom stereocenters. The molecule has 0 heterocycles. The summed E-state index contributed by atoms with van der Waals surface area (Å²) >= 11 is 0. The fraction of sp³-hybridized carbons (Fsp3) is 0.158. The minimum absolute atomic E-state index is 0.0425. The van der Waals surface area contributed by atoms with Gasteiger partial charge in [-0.15, -0.1) is 6.42 Å². The lowest BCUT2D eigenvalue weighted by Crippen LogP contribution is -2.30. The number of nitrogens with one attached hydrogen (secondary N) is 2. The number of ether oxygens (including phenoxy) is 1. The van der Waals surface area contributed by atoms with E-state index in [-0.39, 0.29) is 22.7 Å². The largest absolute Gasteiger partial charge is 0.449 e. The lowest BCUT2D eigenvalue weighted by Gasteiger charge is -2.13. The predicted octanol–water partition coefficient (Wildman–Crippen LogP) is 1.69. The maximum Gasteiger partial charge on any atom is 0.338 e. The van der Waals surface area contributed by atoms with Crippen LogP contribution in [-0.2, 0) is 19.6 Å². The SMILES string of the molecule is C#CCNS(=O)(=O)c1ccc(C(=O)OC(C)C(=O)Nc2ccc([N+](=O)[O-])cc2)cc1. The Bertz CT molecular complexity index is 1090. The highest BCUT2D eigenvalue weighted by molar-refractivity contribution is 7.89. The number of anilines is 1. The zero-order valence-electron chi connectivity index (χ0n) is 15.7. The summed E-state index contributed by atoms with van der Waals surface area (Å²) in [6.07, 6.45) is 3.84. The summed E-state index contributed by atoms with van der Waals surface area (Å²) in [5.41, 5.74) is 0.204. The third-order valence-electron chi connectivity index (χ3n) is 3.76. The maximum absolute atomic E-state index is 12.2. The monoisotopic (exact) mass is 431 g/mol. The van der Waals surface area contributed by atoms with Crippen molar-refractivity contribution in [3.63, 3.8) is 0 Å². The first kappa shape index (κ1) is 22.5. The highest BCUT2D eigenvalue weighted by atomic mass is 32.2. The highest BCUT2D eigenvalue weighted by Crippen LogP contribution is 2.16. The third-order valence-corrected chi connectivity index (χ3v) is 5.18. The highest BCUT2D eigenvalue weighted by Gasteiger charge is 2.20. The van der Waals surface area contributed by atoms with Gasteiger partial charge in [-0.25, -0.2) is 13.2 Å². The van der Waals surface area contributed by atoms with Crippen molar-refractivity contribution in [2.75, 3.05) is 11.9 Å². The zero-order chi connectivity index (χ0) is 22.3. The molecule has 10 nitrogen and oxygen atoms in total. The number of terminal acetylenes is 1. The molecule has 0 bridgehead atoms. The first-order valence-electron chi connectivity index (χ1n) is 8.43. The molecule has 0 radical (unpaired) electrons. The van der Waals surface area contributed by atoms with Gasteiger partial charge in [-0.2, -0.15) is 4.72 Å². The topological polar surface area (TPSA) is 145 Å². The second-order valence-electron chi connectivity index (χ2n) is 5.89. The summed E-state index contributed by atoms with van der Waals surface area (Å²) in [6.45, 7) is 1.18. The molecule has 1 atom stereocenters. The summed E-state index contributed by atoms with van der Waals surface area (Å²) in [7, 11) is -3.80. The molecule has 30 heavy (non-hydrogen) atoms. The number of rotatable bonds is 8. The molecule has 11 heteroatoms. The summed E-state index contributed by atoms with van der Waals surface area (Å²) < 4.78 is 31.2. The standard InChI is InChI=1S/C19H17N3O7S/c1-3-12-20-30(27,28)17-10-4-14(5-11-17)19(24)29-13(2)18(23)21-15-6-8-16(9-7-15)22(25)26/h1,4-11,13,20H,12H2,2H3,(H,21,23). The molecule has 0 aliphatic rings. The Morgan fingerprint density at radius 2 is 1.77 bits per heavy atom. The Hall–Kier alpha value is -3.75. The zero-order valence-corrected chi connectivity index (χ0v) is 16.5. The van der Waals surface area contributed by atoms with Crippen molar-refractivity contribution < 1.29 is 27.7 Å². The van der Waals surface area contributed by atoms with E-state index in [0.717, 1.165) is 0 Å². The number of carbonyl (C=O) groups excluding carboxylic acids is 2. The van der Waals surface area contributed by atoms with E-state index in [4.69, 9.17) is 11.2 Å². The number of nitro groups is 1. The van der Waals surface area contributed by atoms with Gasteiger partial charge in [-0.3, -0.25) is 14.9 Å². The van der Waals surface area contributed by atoms with Gasteiger partial charge in [0.2, 0.25) is 10.0 Å². The second kappa shape index (κ2) is 9.64. The van der Waals surface area contributed by atoms with Crippen LogP contribution in [0.5, 0.6) is 0 Å². The molecule has 2 rings (SSSR count). The Morgan fingerprint density at radius 3 is 2.30 bits per heavy atom. The first-order chi connectivity index (χ1) is 14.1. The molecule has 2 N–H and O–H groups in total. The van der Waals surface area contributed by atoms with Gasteiger partial charge >= 0.3 is 5.97 Å². The lowest BCUT2D eigenvalue weighted by molar-refractivity contribution is -0.384. The Morgan fingerprint density at radius 1 is 1.17 bits per heavy atom. The molecule has 2 aromatic rings. The Labute approximate surface area is 172 Å². The van der Waals surface area contributed by atoms with E-state index in [1.165, 1.54) is 55.5 Å². The number of esters is 1. The molecule has 2 aromatic carbocycles. The van der Waals surface area contributed by atoms with Crippen LogP contribution in [0.2, 0.25) is 0 Å². The maximum atomic E-state index is 12.2. The molecule has 0 fully saturated rings. The number of amides is 1. The molecule has 0 aliphatic heterocycles. The second-order valence-corrected chi connectivity index (χ2v) is 7.66. The minimum Gasteiger partial charge on any atom is -0.449 e. The van der Waals surface area contributed by atoms with Crippen molar-refractivity contribution in [3.8, 4) is 12.3 Å². The number of hydrogen-bond acceptors (Lipinski definition) is 7. The normalized spacial score (nSPS) is 11.7. The Balaban J connectivity index is 1.98. The molecule has 0 saturated carbocycles. The van der Waals surface area contributed by atoms with E-state index in [0.29, 0.717) is 5.69 Å². The molecule has 0 saturated heterocycles. The number of benzene rings is 2. The van der Waals surface area contributed by atoms with Crippen LogP contribution in [0, 0.1) is 22.5 Å². The van der Waals surface area contributed by atoms with Gasteiger partial charge in [0.15, 0.2) is 6.10 Å². The van der Waals surface area contributed by atoms with Crippen molar-refractivity contribution in [1.29, 1.82) is 0 Å². The van der Waals surface area contributed by atoms with Gasteiger partial charge in [-0.1, -0.05) is 5.92 Å². The van der Waals surface area contributed by atoms with Crippen molar-refractivity contribution in [2.45, 2.75) is 17.9 Å². The molecule has 0 aliphatic carbocycles. The Kier molecular flexibility index (Phi) is 7.24. The van der Waals surface area contributed by atoms with E-state index in [1.807, 2.05) is 0 Å². The van der Waals surface area contributed by atoms with E-state index >= 15 is 0 Å². The first-order valence-corrected chi connectivity index (χ1v) is 9.92. The van der Waals surface area contributed by atoms with Crippen molar-refractivity contribution in [1.82, 2.24) is 4.72 Å². The van der Waals surface area contributed by atoms with Crippen LogP contribution in [0.25, 0.3) is 0 Å². The third kappa shape index (κ3) is 5.87. The van der Waals surface area contributed by atoms with Crippen LogP contribution >= 0.6 is 0 Å². The molecule has 0 spiro atoms. The smallest absolute Gasteiger partial charge is 0.338 e. The number of nitro benzene ring substituents is 1. The lowest BCUT2D eigenvalue weighted by atomic mass is 10.2. The van der Waals surface area contributed by atoms with Gasteiger partial charge in [0.25, 0.3) is 11.6 Å². The number of nitrogens with zero attached hydrogens (tertiary/aromatic N) is 1. The van der Waals surface area contributed by atoms with Crippen molar-refractivity contribution in [2.24, 2.45) is 0 Å². The summed E-state index contributed by atoms with van der Waals surface area (Å²) in [6, 6.07) is 10.0. The van der Waals surface area contributed by atoms with Gasteiger partial charge < -0.3 is 10.1 Å². The molecule has 0 aromatic heterocycles. The number of hydrogen-bond donors (Lipinski definition) is 2. The van der Waals surface area contributed by atoms with Crippen LogP contribution in [0.15, 0.2) is 53.4 Å². The fourth-order valence-electron chi connectivity index (χ4n) is 2.18. The summed E-state index contributed by atoms with van der Waals surface area (Å²) in [5, 5.41) is 13.1. The predicted molar refractivity (Wildman–Crippen MR) is 107 cm³/mol. The minimum atomic E-state index is -3.80. The number of non-ortho nitro benzene ring substituents is 1. The van der Waals surface area contributed by atoms with Crippen molar-refractivity contribution in [3.05, 3.63) is 64.2 Å².